The lowest BCUT2D eigenvalue weighted by atomic mass is 9.94. The van der Waals surface area contributed by atoms with Crippen molar-refractivity contribution in [2.75, 3.05) is 20.1 Å². The number of carbonyl (C=O) groups is 2. The SMILES string of the molecule is CCC(N)(CC)CNC(=O)CN(C)C(=O)C(C)n1cccn1. The van der Waals surface area contributed by atoms with Crippen molar-refractivity contribution in [2.24, 2.45) is 5.73 Å². The molecule has 0 radical (unpaired) electrons. The van der Waals surface area contributed by atoms with E-state index in [-0.39, 0.29) is 23.9 Å². The number of rotatable bonds is 8. The Kier molecular flexibility index (Phi) is 6.55. The Hall–Kier alpha value is -1.89. The predicted molar refractivity (Wildman–Crippen MR) is 85.1 cm³/mol. The van der Waals surface area contributed by atoms with Crippen LogP contribution in [-0.4, -0.2) is 52.2 Å². The number of nitrogens with two attached hydrogens (primary N) is 1. The second kappa shape index (κ2) is 7.93. The number of aromatic nitrogens is 2. The number of hydrogen-bond donors (Lipinski definition) is 2. The van der Waals surface area contributed by atoms with Gasteiger partial charge in [0.1, 0.15) is 6.04 Å². The van der Waals surface area contributed by atoms with Gasteiger partial charge in [0, 0.05) is 31.5 Å². The Morgan fingerprint density at radius 2 is 2.05 bits per heavy atom. The fourth-order valence-electron chi connectivity index (χ4n) is 2.07. The fourth-order valence-corrected chi connectivity index (χ4v) is 2.07. The number of nitrogens with one attached hydrogen (secondary N) is 1. The molecule has 0 aliphatic heterocycles. The molecule has 0 spiro atoms. The van der Waals surface area contributed by atoms with Gasteiger partial charge in [-0.15, -0.1) is 0 Å². The van der Waals surface area contributed by atoms with E-state index in [1.165, 1.54) is 4.90 Å². The maximum absolute atomic E-state index is 12.3. The van der Waals surface area contributed by atoms with E-state index in [2.05, 4.69) is 10.4 Å². The van der Waals surface area contributed by atoms with E-state index in [4.69, 9.17) is 5.73 Å². The zero-order chi connectivity index (χ0) is 16.8. The van der Waals surface area contributed by atoms with Crippen LogP contribution in [0.4, 0.5) is 0 Å². The molecule has 1 heterocycles. The molecule has 1 atom stereocenters. The van der Waals surface area contributed by atoms with E-state index in [0.29, 0.717) is 6.54 Å². The highest BCUT2D eigenvalue weighted by Crippen LogP contribution is 2.10. The van der Waals surface area contributed by atoms with E-state index in [1.54, 1.807) is 37.1 Å². The molecule has 0 saturated carbocycles. The molecule has 1 unspecified atom stereocenters. The Bertz CT molecular complexity index is 482. The summed E-state index contributed by atoms with van der Waals surface area (Å²) in [7, 11) is 1.61. The summed E-state index contributed by atoms with van der Waals surface area (Å²) in [5.41, 5.74) is 5.75. The fraction of sp³-hybridized carbons (Fsp3) is 0.667. The van der Waals surface area contributed by atoms with Gasteiger partial charge in [-0.05, 0) is 25.8 Å². The summed E-state index contributed by atoms with van der Waals surface area (Å²) in [6, 6.07) is 1.32. The lowest BCUT2D eigenvalue weighted by Gasteiger charge is -2.27. The largest absolute Gasteiger partial charge is 0.353 e. The predicted octanol–water partition coefficient (Wildman–Crippen LogP) is 0.536. The molecule has 0 aromatic carbocycles. The van der Waals surface area contributed by atoms with E-state index in [0.717, 1.165) is 12.8 Å². The van der Waals surface area contributed by atoms with Crippen molar-refractivity contribution < 1.29 is 9.59 Å². The second-order valence-corrected chi connectivity index (χ2v) is 5.70. The van der Waals surface area contributed by atoms with Gasteiger partial charge in [-0.2, -0.15) is 5.10 Å². The van der Waals surface area contributed by atoms with E-state index in [9.17, 15) is 9.59 Å². The smallest absolute Gasteiger partial charge is 0.247 e. The quantitative estimate of drug-likeness (QED) is 0.733. The Morgan fingerprint density at radius 1 is 1.41 bits per heavy atom. The minimum absolute atomic E-state index is 0.00789. The summed E-state index contributed by atoms with van der Waals surface area (Å²) in [5, 5.41) is 6.85. The first-order valence-corrected chi connectivity index (χ1v) is 7.62. The molecule has 0 bridgehead atoms. The minimum Gasteiger partial charge on any atom is -0.353 e. The van der Waals surface area contributed by atoms with Gasteiger partial charge in [0.2, 0.25) is 11.8 Å². The topological polar surface area (TPSA) is 93.3 Å². The first-order valence-electron chi connectivity index (χ1n) is 7.62. The highest BCUT2D eigenvalue weighted by atomic mass is 16.2. The van der Waals surface area contributed by atoms with Crippen molar-refractivity contribution >= 4 is 11.8 Å². The van der Waals surface area contributed by atoms with Gasteiger partial charge in [-0.25, -0.2) is 0 Å². The van der Waals surface area contributed by atoms with Crippen LogP contribution in [0.2, 0.25) is 0 Å². The van der Waals surface area contributed by atoms with Gasteiger partial charge in [-0.1, -0.05) is 13.8 Å². The molecule has 3 N–H and O–H groups in total. The van der Waals surface area contributed by atoms with Crippen LogP contribution in [0.15, 0.2) is 18.5 Å². The van der Waals surface area contributed by atoms with E-state index in [1.807, 2.05) is 13.8 Å². The number of likely N-dealkylation sites (N-methyl/N-ethyl adjacent to an activating group) is 1. The molecule has 124 valence electrons. The Labute approximate surface area is 131 Å². The van der Waals surface area contributed by atoms with Gasteiger partial charge < -0.3 is 16.0 Å². The van der Waals surface area contributed by atoms with Gasteiger partial charge >= 0.3 is 0 Å². The zero-order valence-corrected chi connectivity index (χ0v) is 13.9. The summed E-state index contributed by atoms with van der Waals surface area (Å²) in [6.45, 7) is 6.17. The minimum atomic E-state index is -0.437. The Morgan fingerprint density at radius 3 is 2.55 bits per heavy atom. The van der Waals surface area contributed by atoms with Crippen molar-refractivity contribution in [1.82, 2.24) is 20.0 Å². The van der Waals surface area contributed by atoms with Gasteiger partial charge in [0.25, 0.3) is 0 Å². The molecule has 1 rings (SSSR count). The summed E-state index contributed by atoms with van der Waals surface area (Å²) >= 11 is 0. The molecule has 7 heteroatoms. The zero-order valence-electron chi connectivity index (χ0n) is 13.9. The first kappa shape index (κ1) is 18.2. The maximum atomic E-state index is 12.3. The third kappa shape index (κ3) is 4.84. The molecule has 0 aliphatic rings. The summed E-state index contributed by atoms with van der Waals surface area (Å²) in [6.07, 6.45) is 4.92. The van der Waals surface area contributed by atoms with Crippen LogP contribution in [0, 0.1) is 0 Å². The lowest BCUT2D eigenvalue weighted by Crippen LogP contribution is -2.51. The third-order valence-corrected chi connectivity index (χ3v) is 4.08. The molecule has 0 saturated heterocycles. The summed E-state index contributed by atoms with van der Waals surface area (Å²) < 4.78 is 1.57. The lowest BCUT2D eigenvalue weighted by molar-refractivity contribution is -0.137. The van der Waals surface area contributed by atoms with Gasteiger partial charge in [-0.3, -0.25) is 14.3 Å². The van der Waals surface area contributed by atoms with E-state index >= 15 is 0 Å². The first-order chi connectivity index (χ1) is 10.3. The highest BCUT2D eigenvalue weighted by Gasteiger charge is 2.23. The number of nitrogens with zero attached hydrogens (tertiary/aromatic N) is 3. The van der Waals surface area contributed by atoms with Crippen molar-refractivity contribution in [3.8, 4) is 0 Å². The number of carbonyl (C=O) groups excluding carboxylic acids is 2. The van der Waals surface area contributed by atoms with Crippen LogP contribution in [0.5, 0.6) is 0 Å². The van der Waals surface area contributed by atoms with Crippen LogP contribution >= 0.6 is 0 Å². The van der Waals surface area contributed by atoms with Crippen molar-refractivity contribution in [1.29, 1.82) is 0 Å². The highest BCUT2D eigenvalue weighted by molar-refractivity contribution is 5.86. The van der Waals surface area contributed by atoms with Crippen LogP contribution in [-0.2, 0) is 9.59 Å². The van der Waals surface area contributed by atoms with Gasteiger partial charge in [0.05, 0.1) is 6.54 Å². The summed E-state index contributed by atoms with van der Waals surface area (Å²) in [5.74, 6) is -0.371. The average molecular weight is 309 g/mol. The monoisotopic (exact) mass is 309 g/mol. The standard InChI is InChI=1S/C15H27N5O2/c1-5-15(16,6-2)11-17-13(21)10-19(4)14(22)12(3)20-9-7-8-18-20/h7-9,12H,5-6,10-11,16H2,1-4H3,(H,17,21). The number of hydrogen-bond acceptors (Lipinski definition) is 4. The molecular formula is C15H27N5O2. The van der Waals surface area contributed by atoms with Crippen LogP contribution in [0.25, 0.3) is 0 Å². The normalized spacial score (nSPS) is 12.8. The van der Waals surface area contributed by atoms with Crippen LogP contribution in [0.1, 0.15) is 39.7 Å². The number of amides is 2. The molecule has 1 aromatic rings. The van der Waals surface area contributed by atoms with E-state index < -0.39 is 6.04 Å². The van der Waals surface area contributed by atoms with Crippen LogP contribution in [0.3, 0.4) is 0 Å². The van der Waals surface area contributed by atoms with Crippen molar-refractivity contribution in [3.05, 3.63) is 18.5 Å². The second-order valence-electron chi connectivity index (χ2n) is 5.70. The molecule has 22 heavy (non-hydrogen) atoms. The molecule has 7 nitrogen and oxygen atoms in total. The average Bonchev–Trinajstić information content (AvgIpc) is 3.05. The summed E-state index contributed by atoms with van der Waals surface area (Å²) in [4.78, 5) is 25.6. The maximum Gasteiger partial charge on any atom is 0.247 e. The molecule has 1 aromatic heterocycles. The molecule has 2 amide bonds. The molecule has 0 aliphatic carbocycles. The van der Waals surface area contributed by atoms with Crippen LogP contribution < -0.4 is 11.1 Å². The van der Waals surface area contributed by atoms with Crippen molar-refractivity contribution in [3.63, 3.8) is 0 Å². The van der Waals surface area contributed by atoms with Crippen molar-refractivity contribution in [2.45, 2.75) is 45.2 Å². The molecule has 0 fully saturated rings. The third-order valence-electron chi connectivity index (χ3n) is 4.08. The Balaban J connectivity index is 2.48. The van der Waals surface area contributed by atoms with Gasteiger partial charge in [0.15, 0.2) is 0 Å². The molecular weight excluding hydrogens is 282 g/mol.